The third kappa shape index (κ3) is 13.1. The highest BCUT2D eigenvalue weighted by atomic mass is 127. The number of nitrogens with zero attached hydrogens (tertiary/aromatic N) is 5. The van der Waals surface area contributed by atoms with Gasteiger partial charge >= 0.3 is 0 Å². The van der Waals surface area contributed by atoms with Gasteiger partial charge in [-0.05, 0) is 126 Å². The zero-order valence-electron chi connectivity index (χ0n) is 46.8. The number of carbonyl (C=O) groups excluding carboxylic acids is 5. The molecule has 0 spiro atoms. The van der Waals surface area contributed by atoms with Crippen LogP contribution in [0.3, 0.4) is 0 Å². The molecule has 1 saturated carbocycles. The molecule has 3 aromatic rings. The summed E-state index contributed by atoms with van der Waals surface area (Å²) in [5.74, 6) is 2.87. The van der Waals surface area contributed by atoms with Crippen LogP contribution in [0, 0.1) is 35.0 Å². The summed E-state index contributed by atoms with van der Waals surface area (Å²) in [6.07, 6.45) is 12.2. The van der Waals surface area contributed by atoms with Gasteiger partial charge in [-0.25, -0.2) is 14.7 Å². The summed E-state index contributed by atoms with van der Waals surface area (Å²) >= 11 is 2.41. The molecule has 5 unspecified atom stereocenters. The van der Waals surface area contributed by atoms with Crippen LogP contribution in [-0.2, 0) is 45.5 Å². The standard InChI is InChI=1S/C59H86IN7O7S/c1-12-59(10,29-32-60)74-36-31-57(6,7)67-52-41-21-16-15-20-40(41)38-66(46-24-18-17-22-45(46)51(52)63-64-67)48(69)27-33-61-55(72)56(4,5)30-35-73-58(8,9)39-62-47(68)28-34-65-53(70)49-43-25-26-44(50(49)54(65)71)42(43)23-19-37-75(11,13-2)14-3/h15-18,20-22,24-26,42-44,49-50H,12-14,19,23,27-39H2,1-11H3,(H,61,72)(H,62,68). The monoisotopic (exact) mass is 1160 g/mol. The lowest BCUT2D eigenvalue weighted by Gasteiger charge is -2.34. The van der Waals surface area contributed by atoms with Crippen molar-refractivity contribution in [1.82, 2.24) is 30.5 Å². The molecular formula is C59H86IN7O7S. The van der Waals surface area contributed by atoms with E-state index in [1.165, 1.54) is 22.2 Å². The number of anilines is 1. The molecule has 2 aliphatic carbocycles. The van der Waals surface area contributed by atoms with Gasteiger partial charge in [0.15, 0.2) is 0 Å². The number of ether oxygens (including phenoxy) is 2. The predicted molar refractivity (Wildman–Crippen MR) is 310 cm³/mol. The first-order valence-electron chi connectivity index (χ1n) is 27.6. The first-order valence-corrected chi connectivity index (χ1v) is 31.7. The van der Waals surface area contributed by atoms with Crippen LogP contribution in [0.5, 0.6) is 0 Å². The molecule has 2 bridgehead atoms. The van der Waals surface area contributed by atoms with Crippen molar-refractivity contribution in [3.05, 3.63) is 66.2 Å². The molecule has 2 N–H and O–H groups in total. The van der Waals surface area contributed by atoms with Crippen molar-refractivity contribution in [3.63, 3.8) is 0 Å². The minimum Gasteiger partial charge on any atom is -0.375 e. The van der Waals surface area contributed by atoms with E-state index in [1.54, 1.807) is 4.90 Å². The highest BCUT2D eigenvalue weighted by molar-refractivity contribution is 14.1. The van der Waals surface area contributed by atoms with E-state index in [4.69, 9.17) is 19.8 Å². The fourth-order valence-electron chi connectivity index (χ4n) is 11.5. The lowest BCUT2D eigenvalue weighted by atomic mass is 9.85. The molecule has 75 heavy (non-hydrogen) atoms. The number of aromatic nitrogens is 3. The number of likely N-dealkylation sites (tertiary alicyclic amines) is 1. The Morgan fingerprint density at radius 2 is 1.45 bits per heavy atom. The largest absolute Gasteiger partial charge is 0.375 e. The van der Waals surface area contributed by atoms with Crippen molar-refractivity contribution in [1.29, 1.82) is 0 Å². The Balaban J connectivity index is 0.872. The fraction of sp³-hybridized carbons (Fsp3) is 0.644. The molecule has 16 heteroatoms. The second-order valence-electron chi connectivity index (χ2n) is 23.8. The van der Waals surface area contributed by atoms with Gasteiger partial charge in [-0.2, -0.15) is 0 Å². The number of amides is 5. The third-order valence-corrected chi connectivity index (χ3v) is 21.9. The van der Waals surface area contributed by atoms with Crippen molar-refractivity contribution in [3.8, 4) is 22.5 Å². The van der Waals surface area contributed by atoms with Gasteiger partial charge in [0.2, 0.25) is 29.5 Å². The zero-order chi connectivity index (χ0) is 54.5. The molecule has 5 amide bonds. The average molecular weight is 1160 g/mol. The quantitative estimate of drug-likeness (QED) is 0.0327. The second-order valence-corrected chi connectivity index (χ2v) is 29.4. The number of imide groups is 1. The van der Waals surface area contributed by atoms with Crippen LogP contribution < -0.4 is 15.5 Å². The maximum Gasteiger partial charge on any atom is 0.233 e. The van der Waals surface area contributed by atoms with E-state index in [1.807, 2.05) is 68.8 Å². The molecule has 7 rings (SSSR count). The van der Waals surface area contributed by atoms with Gasteiger partial charge in [-0.3, -0.25) is 28.9 Å². The van der Waals surface area contributed by atoms with E-state index < -0.39 is 26.6 Å². The summed E-state index contributed by atoms with van der Waals surface area (Å²) in [4.78, 5) is 71.6. The normalized spacial score (nSPS) is 21.3. The van der Waals surface area contributed by atoms with E-state index in [9.17, 15) is 24.0 Å². The molecule has 1 saturated heterocycles. The number of para-hydroxylation sites is 1. The van der Waals surface area contributed by atoms with Crippen LogP contribution in [0.2, 0.25) is 0 Å². The summed E-state index contributed by atoms with van der Waals surface area (Å²) < 4.78 is 15.8. The number of rotatable bonds is 27. The zero-order valence-corrected chi connectivity index (χ0v) is 49.7. The Hall–Kier alpha value is -4.13. The fourth-order valence-corrected chi connectivity index (χ4v) is 14.5. The summed E-state index contributed by atoms with van der Waals surface area (Å²) in [5, 5.41) is 15.6. The van der Waals surface area contributed by atoms with Crippen LogP contribution in [0.15, 0.2) is 60.7 Å². The van der Waals surface area contributed by atoms with Crippen LogP contribution in [0.4, 0.5) is 5.69 Å². The predicted octanol–water partition coefficient (Wildman–Crippen LogP) is 10.1. The number of alkyl halides is 1. The van der Waals surface area contributed by atoms with Gasteiger partial charge in [-0.1, -0.05) is 117 Å². The summed E-state index contributed by atoms with van der Waals surface area (Å²) in [6.45, 7) is 22.4. The van der Waals surface area contributed by atoms with E-state index in [-0.39, 0.29) is 97.9 Å². The molecule has 3 heterocycles. The maximum atomic E-state index is 14.3. The molecule has 0 radical (unpaired) electrons. The number of hydrogen-bond acceptors (Lipinski definition) is 9. The number of fused-ring (bicyclic) bond motifs is 10. The van der Waals surface area contributed by atoms with Crippen molar-refractivity contribution >= 4 is 67.8 Å². The van der Waals surface area contributed by atoms with E-state index in [2.05, 4.69) is 105 Å². The molecule has 2 aromatic carbocycles. The smallest absolute Gasteiger partial charge is 0.233 e. The summed E-state index contributed by atoms with van der Waals surface area (Å²) in [5.41, 5.74) is 2.92. The molecule has 2 fully saturated rings. The van der Waals surface area contributed by atoms with Crippen molar-refractivity contribution < 1.29 is 33.4 Å². The molecule has 4 aliphatic rings. The van der Waals surface area contributed by atoms with E-state index in [0.717, 1.165) is 64.6 Å². The molecular weight excluding hydrogens is 1080 g/mol. The highest BCUT2D eigenvalue weighted by Crippen LogP contribution is 2.58. The molecule has 2 aliphatic heterocycles. The van der Waals surface area contributed by atoms with E-state index in [0.29, 0.717) is 31.2 Å². The van der Waals surface area contributed by atoms with E-state index >= 15 is 0 Å². The van der Waals surface area contributed by atoms with Crippen LogP contribution in [0.1, 0.15) is 126 Å². The number of allylic oxidation sites excluding steroid dienone is 2. The van der Waals surface area contributed by atoms with Crippen molar-refractivity contribution in [2.75, 3.05) is 65.7 Å². The molecule has 412 valence electrons. The maximum absolute atomic E-state index is 14.3. The van der Waals surface area contributed by atoms with Crippen molar-refractivity contribution in [2.45, 2.75) is 144 Å². The Morgan fingerprint density at radius 3 is 2.11 bits per heavy atom. The van der Waals surface area contributed by atoms with Gasteiger partial charge in [0, 0.05) is 66.7 Å². The summed E-state index contributed by atoms with van der Waals surface area (Å²) in [7, 11) is -0.584. The Morgan fingerprint density at radius 1 is 0.813 bits per heavy atom. The molecule has 1 aromatic heterocycles. The SMILES string of the molecule is CCC(C)(CCI)OCCC(C)(C)n1nnc2c1-c1ccccc1CN(C(=O)CCNC(=O)C(C)(C)CCOC(C)(C)CNC(=O)CCN1C(=O)C3C4C=CC(C4CCCS(C)(CC)CC)C3C1=O)c1ccccc1-2. The Kier molecular flexibility index (Phi) is 18.9. The molecule has 14 nitrogen and oxygen atoms in total. The third-order valence-electron chi connectivity index (χ3n) is 17.3. The van der Waals surface area contributed by atoms with Gasteiger partial charge in [0.25, 0.3) is 0 Å². The first-order chi connectivity index (χ1) is 35.5. The summed E-state index contributed by atoms with van der Waals surface area (Å²) in [6, 6.07) is 16.0. The van der Waals surface area contributed by atoms with Gasteiger partial charge in [0.1, 0.15) is 5.69 Å². The lowest BCUT2D eigenvalue weighted by molar-refractivity contribution is -0.141. The van der Waals surface area contributed by atoms with Crippen LogP contribution >= 0.6 is 32.6 Å². The van der Waals surface area contributed by atoms with Crippen LogP contribution in [0.25, 0.3) is 22.5 Å². The average Bonchev–Trinajstić information content (AvgIpc) is 4.14. The first kappa shape index (κ1) is 58.6. The minimum absolute atomic E-state index is 0.0266. The lowest BCUT2D eigenvalue weighted by Crippen LogP contribution is -2.43. The highest BCUT2D eigenvalue weighted by Gasteiger charge is 2.63. The number of halogens is 1. The van der Waals surface area contributed by atoms with Gasteiger partial charge in [-0.15, -0.1) is 5.10 Å². The molecule has 5 atom stereocenters. The Bertz CT molecular complexity index is 2540. The van der Waals surface area contributed by atoms with Gasteiger partial charge in [0.05, 0.1) is 46.5 Å². The second kappa shape index (κ2) is 24.3. The number of hydrogen-bond donors (Lipinski definition) is 2. The number of carbonyl (C=O) groups is 5. The van der Waals surface area contributed by atoms with Crippen LogP contribution in [-0.4, -0.2) is 121 Å². The number of benzene rings is 2. The van der Waals surface area contributed by atoms with Crippen molar-refractivity contribution in [2.24, 2.45) is 35.0 Å². The Labute approximate surface area is 462 Å². The minimum atomic E-state index is -0.810. The number of nitrogens with one attached hydrogen (secondary N) is 2. The topological polar surface area (TPSA) is 165 Å². The van der Waals surface area contributed by atoms with Gasteiger partial charge < -0.3 is 25.0 Å².